The highest BCUT2D eigenvalue weighted by molar-refractivity contribution is 5.82. The second-order valence-electron chi connectivity index (χ2n) is 9.03. The van der Waals surface area contributed by atoms with Gasteiger partial charge in [0.05, 0.1) is 0 Å². The predicted molar refractivity (Wildman–Crippen MR) is 119 cm³/mol. The lowest BCUT2D eigenvalue weighted by atomic mass is 9.77. The minimum Gasteiger partial charge on any atom is -0.427 e. The SMILES string of the molecule is CCCCCC1CCC(CCc2ccc3cc(CCCC)oc(=O)c3c2F)CC1. The molecule has 29 heavy (non-hydrogen) atoms. The molecular formula is C26H37FO2. The monoisotopic (exact) mass is 400 g/mol. The third-order valence-electron chi connectivity index (χ3n) is 6.78. The Labute approximate surface area is 174 Å². The van der Waals surface area contributed by atoms with Gasteiger partial charge in [-0.1, -0.05) is 83.8 Å². The van der Waals surface area contributed by atoms with Gasteiger partial charge in [-0.25, -0.2) is 9.18 Å². The third-order valence-corrected chi connectivity index (χ3v) is 6.78. The molecule has 0 N–H and O–H groups in total. The van der Waals surface area contributed by atoms with Crippen molar-refractivity contribution >= 4 is 10.8 Å². The zero-order chi connectivity index (χ0) is 20.6. The van der Waals surface area contributed by atoms with Gasteiger partial charge in [-0.2, -0.15) is 0 Å². The van der Waals surface area contributed by atoms with E-state index in [1.54, 1.807) is 0 Å². The third kappa shape index (κ3) is 5.93. The fraction of sp³-hybridized carbons (Fsp3) is 0.654. The van der Waals surface area contributed by atoms with Crippen molar-refractivity contribution in [3.8, 4) is 0 Å². The summed E-state index contributed by atoms with van der Waals surface area (Å²) >= 11 is 0. The van der Waals surface area contributed by atoms with Gasteiger partial charge in [0.15, 0.2) is 0 Å². The Bertz CT molecular complexity index is 830. The zero-order valence-electron chi connectivity index (χ0n) is 18.3. The van der Waals surface area contributed by atoms with E-state index in [0.717, 1.165) is 31.6 Å². The first-order valence-corrected chi connectivity index (χ1v) is 11.9. The number of hydrogen-bond acceptors (Lipinski definition) is 2. The van der Waals surface area contributed by atoms with E-state index in [1.807, 2.05) is 18.2 Å². The summed E-state index contributed by atoms with van der Waals surface area (Å²) in [6.07, 6.45) is 15.1. The summed E-state index contributed by atoms with van der Waals surface area (Å²) in [4.78, 5) is 12.4. The van der Waals surface area contributed by atoms with Crippen LogP contribution in [-0.2, 0) is 12.8 Å². The summed E-state index contributed by atoms with van der Waals surface area (Å²) < 4.78 is 20.4. The first kappa shape index (κ1) is 22.1. The number of benzene rings is 1. The molecule has 0 bridgehead atoms. The Morgan fingerprint density at radius 3 is 2.31 bits per heavy atom. The van der Waals surface area contributed by atoms with E-state index < -0.39 is 5.63 Å². The Morgan fingerprint density at radius 2 is 1.62 bits per heavy atom. The van der Waals surface area contributed by atoms with Gasteiger partial charge in [0.25, 0.3) is 0 Å². The van der Waals surface area contributed by atoms with Crippen LogP contribution < -0.4 is 5.63 Å². The van der Waals surface area contributed by atoms with Crippen LogP contribution in [0.15, 0.2) is 27.4 Å². The summed E-state index contributed by atoms with van der Waals surface area (Å²) in [6, 6.07) is 5.60. The molecule has 2 aromatic rings. The molecule has 0 aliphatic heterocycles. The summed E-state index contributed by atoms with van der Waals surface area (Å²) in [5.41, 5.74) is 0.136. The molecule has 0 radical (unpaired) electrons. The van der Waals surface area contributed by atoms with E-state index in [1.165, 1.54) is 51.4 Å². The van der Waals surface area contributed by atoms with Crippen molar-refractivity contribution in [2.45, 2.75) is 97.3 Å². The Morgan fingerprint density at radius 1 is 0.931 bits per heavy atom. The number of rotatable bonds is 10. The minimum atomic E-state index is -0.527. The van der Waals surface area contributed by atoms with Crippen LogP contribution in [0.4, 0.5) is 4.39 Å². The van der Waals surface area contributed by atoms with Crippen molar-refractivity contribution in [3.63, 3.8) is 0 Å². The number of unbranched alkanes of at least 4 members (excludes halogenated alkanes) is 3. The van der Waals surface area contributed by atoms with Gasteiger partial charge in [-0.15, -0.1) is 0 Å². The van der Waals surface area contributed by atoms with Crippen molar-refractivity contribution in [1.29, 1.82) is 0 Å². The van der Waals surface area contributed by atoms with Crippen molar-refractivity contribution in [1.82, 2.24) is 0 Å². The maximum absolute atomic E-state index is 15.0. The lowest BCUT2D eigenvalue weighted by Crippen LogP contribution is -2.15. The van der Waals surface area contributed by atoms with Crippen LogP contribution in [-0.4, -0.2) is 0 Å². The lowest BCUT2D eigenvalue weighted by Gasteiger charge is -2.28. The van der Waals surface area contributed by atoms with Gasteiger partial charge >= 0.3 is 5.63 Å². The van der Waals surface area contributed by atoms with E-state index in [-0.39, 0.29) is 11.2 Å². The number of aryl methyl sites for hydroxylation is 2. The Balaban J connectivity index is 1.59. The number of fused-ring (bicyclic) bond motifs is 1. The summed E-state index contributed by atoms with van der Waals surface area (Å²) in [6.45, 7) is 4.36. The van der Waals surface area contributed by atoms with E-state index in [4.69, 9.17) is 4.42 Å². The lowest BCUT2D eigenvalue weighted by molar-refractivity contribution is 0.249. The maximum Gasteiger partial charge on any atom is 0.346 e. The average molecular weight is 401 g/mol. The van der Waals surface area contributed by atoms with E-state index >= 15 is 4.39 Å². The van der Waals surface area contributed by atoms with Crippen LogP contribution >= 0.6 is 0 Å². The molecule has 0 unspecified atom stereocenters. The average Bonchev–Trinajstić information content (AvgIpc) is 2.72. The summed E-state index contributed by atoms with van der Waals surface area (Å²) in [5, 5.41) is 0.795. The van der Waals surface area contributed by atoms with Crippen molar-refractivity contribution in [2.24, 2.45) is 11.8 Å². The standard InChI is InChI=1S/C26H37FO2/c1-3-5-7-8-19-10-12-20(13-11-19)14-15-21-16-17-22-18-23(9-6-4-2)29-26(28)24(22)25(21)27/h16-20H,3-15H2,1-2H3. The quantitative estimate of drug-likeness (QED) is 0.384. The molecule has 1 aliphatic rings. The van der Waals surface area contributed by atoms with Crippen LogP contribution in [0, 0.1) is 17.7 Å². The number of hydrogen-bond donors (Lipinski definition) is 0. The molecular weight excluding hydrogens is 363 g/mol. The fourth-order valence-electron chi connectivity index (χ4n) is 4.85. The van der Waals surface area contributed by atoms with Gasteiger partial charge in [0.2, 0.25) is 0 Å². The normalized spacial score (nSPS) is 19.7. The molecule has 1 fully saturated rings. The fourth-order valence-corrected chi connectivity index (χ4v) is 4.85. The minimum absolute atomic E-state index is 0.127. The molecule has 3 heteroatoms. The molecule has 1 aromatic carbocycles. The van der Waals surface area contributed by atoms with Gasteiger partial charge < -0.3 is 4.42 Å². The molecule has 160 valence electrons. The van der Waals surface area contributed by atoms with E-state index in [2.05, 4.69) is 13.8 Å². The van der Waals surface area contributed by atoms with Crippen molar-refractivity contribution < 1.29 is 8.81 Å². The topological polar surface area (TPSA) is 30.2 Å². The van der Waals surface area contributed by atoms with Gasteiger partial charge in [-0.05, 0) is 48.1 Å². The highest BCUT2D eigenvalue weighted by atomic mass is 19.1. The largest absolute Gasteiger partial charge is 0.427 e. The highest BCUT2D eigenvalue weighted by Gasteiger charge is 2.21. The van der Waals surface area contributed by atoms with Gasteiger partial charge in [0.1, 0.15) is 17.0 Å². The Kier molecular flexibility index (Phi) is 8.32. The molecule has 1 aliphatic carbocycles. The molecule has 2 nitrogen and oxygen atoms in total. The van der Waals surface area contributed by atoms with Crippen LogP contribution in [0.3, 0.4) is 0 Å². The zero-order valence-corrected chi connectivity index (χ0v) is 18.3. The van der Waals surface area contributed by atoms with Crippen LogP contribution in [0.5, 0.6) is 0 Å². The Hall–Kier alpha value is -1.64. The smallest absolute Gasteiger partial charge is 0.346 e. The van der Waals surface area contributed by atoms with Crippen molar-refractivity contribution in [3.05, 3.63) is 45.8 Å². The molecule has 0 amide bonds. The summed E-state index contributed by atoms with van der Waals surface area (Å²) in [5.74, 6) is 1.89. The first-order valence-electron chi connectivity index (χ1n) is 11.9. The first-order chi connectivity index (χ1) is 14.1. The predicted octanol–water partition coefficient (Wildman–Crippen LogP) is 7.59. The van der Waals surface area contributed by atoms with Crippen LogP contribution in [0.1, 0.15) is 95.8 Å². The van der Waals surface area contributed by atoms with E-state index in [9.17, 15) is 4.79 Å². The molecule has 0 spiro atoms. The molecule has 1 aromatic heterocycles. The van der Waals surface area contributed by atoms with Gasteiger partial charge in [-0.3, -0.25) is 0 Å². The van der Waals surface area contributed by atoms with Crippen molar-refractivity contribution in [2.75, 3.05) is 0 Å². The second-order valence-corrected chi connectivity index (χ2v) is 9.03. The highest BCUT2D eigenvalue weighted by Crippen LogP contribution is 2.34. The summed E-state index contributed by atoms with van der Waals surface area (Å²) in [7, 11) is 0. The molecule has 0 atom stereocenters. The maximum atomic E-state index is 15.0. The van der Waals surface area contributed by atoms with E-state index in [0.29, 0.717) is 29.0 Å². The van der Waals surface area contributed by atoms with Gasteiger partial charge in [0, 0.05) is 6.42 Å². The molecule has 3 rings (SSSR count). The van der Waals surface area contributed by atoms with Crippen LogP contribution in [0.2, 0.25) is 0 Å². The molecule has 1 heterocycles. The molecule has 0 saturated heterocycles. The second kappa shape index (κ2) is 10.9. The number of halogens is 1. The molecule has 1 saturated carbocycles. The van der Waals surface area contributed by atoms with Crippen LogP contribution in [0.25, 0.3) is 10.8 Å².